The molecule has 2 nitrogen and oxygen atoms in total. The van der Waals surface area contributed by atoms with Crippen molar-refractivity contribution in [3.8, 4) is 0 Å². The summed E-state index contributed by atoms with van der Waals surface area (Å²) in [4.78, 5) is 0. The standard InChI is InChI=1S/C10H14F3NO.ClH/c1-6-5-9(15-7(6)2)8(14)3-4-10(11,12)13;/h5,8H,3-4,14H2,1-2H3;1H/t8-;/m1./s1. The number of alkyl halides is 3. The van der Waals surface area contributed by atoms with Crippen LogP contribution in [-0.2, 0) is 0 Å². The molecular weight excluding hydrogens is 243 g/mol. The first kappa shape index (κ1) is 15.3. The van der Waals surface area contributed by atoms with Gasteiger partial charge in [-0.2, -0.15) is 13.2 Å². The zero-order valence-corrected chi connectivity index (χ0v) is 9.91. The van der Waals surface area contributed by atoms with Crippen LogP contribution in [0.3, 0.4) is 0 Å². The highest BCUT2D eigenvalue weighted by Gasteiger charge is 2.28. The van der Waals surface area contributed by atoms with E-state index in [0.717, 1.165) is 5.56 Å². The predicted molar refractivity (Wildman–Crippen MR) is 57.6 cm³/mol. The third kappa shape index (κ3) is 4.45. The molecule has 0 saturated carbocycles. The lowest BCUT2D eigenvalue weighted by Crippen LogP contribution is -2.15. The Hall–Kier alpha value is -0.680. The Morgan fingerprint density at radius 3 is 2.31 bits per heavy atom. The van der Waals surface area contributed by atoms with Crippen molar-refractivity contribution in [1.29, 1.82) is 0 Å². The highest BCUT2D eigenvalue weighted by molar-refractivity contribution is 5.85. The van der Waals surface area contributed by atoms with Crippen molar-refractivity contribution < 1.29 is 17.6 Å². The van der Waals surface area contributed by atoms with E-state index in [4.69, 9.17) is 10.2 Å². The molecule has 0 aliphatic heterocycles. The summed E-state index contributed by atoms with van der Waals surface area (Å²) in [5.41, 5.74) is 6.50. The van der Waals surface area contributed by atoms with E-state index in [1.165, 1.54) is 0 Å². The predicted octanol–water partition coefficient (Wildman–Crippen LogP) is 3.66. The molecule has 1 aromatic heterocycles. The molecule has 94 valence electrons. The van der Waals surface area contributed by atoms with Gasteiger partial charge in [-0.1, -0.05) is 0 Å². The van der Waals surface area contributed by atoms with Crippen molar-refractivity contribution in [2.24, 2.45) is 5.73 Å². The molecule has 0 bridgehead atoms. The number of halogens is 4. The summed E-state index contributed by atoms with van der Waals surface area (Å²) in [5, 5.41) is 0. The van der Waals surface area contributed by atoms with E-state index in [-0.39, 0.29) is 18.8 Å². The summed E-state index contributed by atoms with van der Waals surface area (Å²) >= 11 is 0. The quantitative estimate of drug-likeness (QED) is 0.898. The van der Waals surface area contributed by atoms with Gasteiger partial charge in [-0.3, -0.25) is 0 Å². The maximum absolute atomic E-state index is 11.9. The van der Waals surface area contributed by atoms with Gasteiger partial charge < -0.3 is 10.2 Å². The molecule has 2 N–H and O–H groups in total. The molecular formula is C10H15ClF3NO. The average Bonchev–Trinajstić information content (AvgIpc) is 2.42. The maximum atomic E-state index is 11.9. The molecule has 1 rings (SSSR count). The Bertz CT molecular complexity index is 316. The maximum Gasteiger partial charge on any atom is 0.389 e. The summed E-state index contributed by atoms with van der Waals surface area (Å²) < 4.78 is 41.0. The lowest BCUT2D eigenvalue weighted by Gasteiger charge is -2.10. The minimum Gasteiger partial charge on any atom is -0.464 e. The van der Waals surface area contributed by atoms with E-state index in [9.17, 15) is 13.2 Å². The number of rotatable bonds is 3. The molecule has 0 aromatic carbocycles. The first-order valence-electron chi connectivity index (χ1n) is 4.69. The van der Waals surface area contributed by atoms with Crippen LogP contribution in [-0.4, -0.2) is 6.18 Å². The third-order valence-corrected chi connectivity index (χ3v) is 2.29. The minimum absolute atomic E-state index is 0. The van der Waals surface area contributed by atoms with Crippen molar-refractivity contribution in [1.82, 2.24) is 0 Å². The summed E-state index contributed by atoms with van der Waals surface area (Å²) in [5.74, 6) is 1.13. The Balaban J connectivity index is 0.00000225. The fraction of sp³-hybridized carbons (Fsp3) is 0.600. The Morgan fingerprint density at radius 1 is 1.38 bits per heavy atom. The largest absolute Gasteiger partial charge is 0.464 e. The van der Waals surface area contributed by atoms with Gasteiger partial charge in [0.05, 0.1) is 6.04 Å². The summed E-state index contributed by atoms with van der Waals surface area (Å²) in [7, 11) is 0. The SMILES string of the molecule is Cc1cc([C@H](N)CCC(F)(F)F)oc1C.Cl. The Kier molecular flexibility index (Phi) is 5.35. The van der Waals surface area contributed by atoms with E-state index >= 15 is 0 Å². The van der Waals surface area contributed by atoms with E-state index in [1.54, 1.807) is 13.0 Å². The Labute approximate surface area is 98.4 Å². The van der Waals surface area contributed by atoms with Crippen molar-refractivity contribution in [2.45, 2.75) is 38.9 Å². The second-order valence-corrected chi connectivity index (χ2v) is 3.65. The highest BCUT2D eigenvalue weighted by Crippen LogP contribution is 2.27. The van der Waals surface area contributed by atoms with Crippen molar-refractivity contribution in [2.75, 3.05) is 0 Å². The Morgan fingerprint density at radius 2 is 1.94 bits per heavy atom. The summed E-state index contributed by atoms with van der Waals surface area (Å²) in [6.07, 6.45) is -5.18. The van der Waals surface area contributed by atoms with Crippen LogP contribution in [0.2, 0.25) is 0 Å². The topological polar surface area (TPSA) is 39.2 Å². The van der Waals surface area contributed by atoms with E-state index in [1.807, 2.05) is 6.92 Å². The normalized spacial score (nSPS) is 13.4. The van der Waals surface area contributed by atoms with Gasteiger partial charge in [-0.05, 0) is 31.9 Å². The van der Waals surface area contributed by atoms with Crippen molar-refractivity contribution >= 4 is 12.4 Å². The van der Waals surface area contributed by atoms with Gasteiger partial charge in [0, 0.05) is 6.42 Å². The third-order valence-electron chi connectivity index (χ3n) is 2.29. The first-order valence-corrected chi connectivity index (χ1v) is 4.69. The molecule has 0 aliphatic rings. The molecule has 0 saturated heterocycles. The second-order valence-electron chi connectivity index (χ2n) is 3.65. The van der Waals surface area contributed by atoms with Crippen LogP contribution < -0.4 is 5.73 Å². The van der Waals surface area contributed by atoms with Crippen LogP contribution >= 0.6 is 12.4 Å². The van der Waals surface area contributed by atoms with E-state index in [0.29, 0.717) is 11.5 Å². The van der Waals surface area contributed by atoms with Crippen LogP contribution in [0.25, 0.3) is 0 Å². The van der Waals surface area contributed by atoms with Gasteiger partial charge in [0.15, 0.2) is 0 Å². The molecule has 6 heteroatoms. The van der Waals surface area contributed by atoms with Crippen LogP contribution in [0.15, 0.2) is 10.5 Å². The lowest BCUT2D eigenvalue weighted by molar-refractivity contribution is -0.136. The summed E-state index contributed by atoms with van der Waals surface area (Å²) in [6.45, 7) is 3.59. The zero-order valence-electron chi connectivity index (χ0n) is 9.10. The number of hydrogen-bond acceptors (Lipinski definition) is 2. The molecule has 0 spiro atoms. The van der Waals surface area contributed by atoms with Crippen molar-refractivity contribution in [3.63, 3.8) is 0 Å². The molecule has 1 atom stereocenters. The van der Waals surface area contributed by atoms with Gasteiger partial charge >= 0.3 is 6.18 Å². The molecule has 16 heavy (non-hydrogen) atoms. The monoisotopic (exact) mass is 257 g/mol. The first-order chi connectivity index (χ1) is 6.79. The molecule has 0 amide bonds. The van der Waals surface area contributed by atoms with Crippen LogP contribution in [0.1, 0.15) is 36.0 Å². The van der Waals surface area contributed by atoms with E-state index < -0.39 is 18.6 Å². The number of furan rings is 1. The second kappa shape index (κ2) is 5.59. The fourth-order valence-corrected chi connectivity index (χ4v) is 1.25. The average molecular weight is 258 g/mol. The molecule has 0 radical (unpaired) electrons. The van der Waals surface area contributed by atoms with Gasteiger partial charge in [0.2, 0.25) is 0 Å². The highest BCUT2D eigenvalue weighted by atomic mass is 35.5. The van der Waals surface area contributed by atoms with Gasteiger partial charge in [0.1, 0.15) is 11.5 Å². The number of nitrogens with two attached hydrogens (primary N) is 1. The van der Waals surface area contributed by atoms with Gasteiger partial charge in [-0.15, -0.1) is 12.4 Å². The molecule has 1 aromatic rings. The molecule has 0 aliphatic carbocycles. The molecule has 0 fully saturated rings. The van der Waals surface area contributed by atoms with Crippen LogP contribution in [0.5, 0.6) is 0 Å². The zero-order chi connectivity index (χ0) is 11.6. The van der Waals surface area contributed by atoms with Gasteiger partial charge in [0.25, 0.3) is 0 Å². The smallest absolute Gasteiger partial charge is 0.389 e. The van der Waals surface area contributed by atoms with Crippen LogP contribution in [0, 0.1) is 13.8 Å². The van der Waals surface area contributed by atoms with Gasteiger partial charge in [-0.25, -0.2) is 0 Å². The van der Waals surface area contributed by atoms with Crippen molar-refractivity contribution in [3.05, 3.63) is 23.2 Å². The molecule has 0 unspecified atom stereocenters. The minimum atomic E-state index is -4.16. The number of hydrogen-bond donors (Lipinski definition) is 1. The van der Waals surface area contributed by atoms with E-state index in [2.05, 4.69) is 0 Å². The van der Waals surface area contributed by atoms with Crippen LogP contribution in [0.4, 0.5) is 13.2 Å². The number of aryl methyl sites for hydroxylation is 2. The fourth-order valence-electron chi connectivity index (χ4n) is 1.25. The molecule has 1 heterocycles. The lowest BCUT2D eigenvalue weighted by atomic mass is 10.1. The summed E-state index contributed by atoms with van der Waals surface area (Å²) in [6, 6.07) is 1.01.